The van der Waals surface area contributed by atoms with Crippen molar-refractivity contribution in [2.75, 3.05) is 13.1 Å². The number of hydrogen-bond acceptors (Lipinski definition) is 2. The Bertz CT molecular complexity index is 496. The molecular formula is C18H26N2O. The van der Waals surface area contributed by atoms with Crippen molar-refractivity contribution in [2.24, 2.45) is 17.6 Å². The molecular weight excluding hydrogens is 260 g/mol. The molecule has 1 saturated carbocycles. The maximum absolute atomic E-state index is 12.9. The molecule has 2 fully saturated rings. The zero-order valence-corrected chi connectivity index (χ0v) is 12.9. The van der Waals surface area contributed by atoms with Crippen LogP contribution < -0.4 is 5.73 Å². The van der Waals surface area contributed by atoms with Gasteiger partial charge in [0.1, 0.15) is 0 Å². The molecule has 0 radical (unpaired) electrons. The van der Waals surface area contributed by atoms with E-state index in [0.717, 1.165) is 38.6 Å². The third kappa shape index (κ3) is 2.84. The normalized spacial score (nSPS) is 29.0. The number of likely N-dealkylation sites (tertiary alicyclic amines) is 1. The van der Waals surface area contributed by atoms with E-state index >= 15 is 0 Å². The van der Waals surface area contributed by atoms with E-state index in [2.05, 4.69) is 36.1 Å². The van der Waals surface area contributed by atoms with Crippen molar-refractivity contribution in [3.8, 4) is 0 Å². The van der Waals surface area contributed by atoms with Crippen molar-refractivity contribution in [2.45, 2.75) is 45.1 Å². The summed E-state index contributed by atoms with van der Waals surface area (Å²) in [5.41, 5.74) is 8.41. The molecule has 0 spiro atoms. The quantitative estimate of drug-likeness (QED) is 0.928. The monoisotopic (exact) mass is 286 g/mol. The maximum Gasteiger partial charge on any atom is 0.226 e. The van der Waals surface area contributed by atoms with Gasteiger partial charge in [-0.3, -0.25) is 4.79 Å². The SMILES string of the molecule is Cc1ccc(C2CCCN2C(=O)[C@@H]2CCC[C@@H]2CN)cc1. The molecule has 3 rings (SSSR count). The summed E-state index contributed by atoms with van der Waals surface area (Å²) in [6.45, 7) is 3.66. The largest absolute Gasteiger partial charge is 0.335 e. The molecule has 0 aromatic heterocycles. The average molecular weight is 286 g/mol. The van der Waals surface area contributed by atoms with Gasteiger partial charge >= 0.3 is 0 Å². The fourth-order valence-corrected chi connectivity index (χ4v) is 4.02. The van der Waals surface area contributed by atoms with Gasteiger partial charge in [-0.05, 0) is 50.6 Å². The predicted octanol–water partition coefficient (Wildman–Crippen LogP) is 3.03. The van der Waals surface area contributed by atoms with Crippen LogP contribution >= 0.6 is 0 Å². The lowest BCUT2D eigenvalue weighted by atomic mass is 9.93. The van der Waals surface area contributed by atoms with E-state index in [1.54, 1.807) is 0 Å². The highest BCUT2D eigenvalue weighted by Crippen LogP contribution is 2.38. The number of carbonyl (C=O) groups excluding carboxylic acids is 1. The van der Waals surface area contributed by atoms with Crippen LogP contribution in [0, 0.1) is 18.8 Å². The number of hydrogen-bond donors (Lipinski definition) is 1. The molecule has 1 heterocycles. The van der Waals surface area contributed by atoms with Crippen LogP contribution in [0.4, 0.5) is 0 Å². The molecule has 1 aromatic carbocycles. The van der Waals surface area contributed by atoms with Crippen molar-refractivity contribution in [1.82, 2.24) is 4.90 Å². The molecule has 1 amide bonds. The molecule has 3 atom stereocenters. The van der Waals surface area contributed by atoms with Gasteiger partial charge in [0.15, 0.2) is 0 Å². The molecule has 2 aliphatic rings. The lowest BCUT2D eigenvalue weighted by Crippen LogP contribution is -2.38. The summed E-state index contributed by atoms with van der Waals surface area (Å²) < 4.78 is 0. The molecule has 3 nitrogen and oxygen atoms in total. The zero-order valence-electron chi connectivity index (χ0n) is 12.9. The summed E-state index contributed by atoms with van der Waals surface area (Å²) in [5, 5.41) is 0. The second-order valence-corrected chi connectivity index (χ2v) is 6.63. The second kappa shape index (κ2) is 6.18. The lowest BCUT2D eigenvalue weighted by Gasteiger charge is -2.30. The van der Waals surface area contributed by atoms with Crippen molar-refractivity contribution in [3.63, 3.8) is 0 Å². The van der Waals surface area contributed by atoms with Gasteiger partial charge in [0.25, 0.3) is 0 Å². The van der Waals surface area contributed by atoms with Gasteiger partial charge in [-0.25, -0.2) is 0 Å². The smallest absolute Gasteiger partial charge is 0.226 e. The molecule has 0 bridgehead atoms. The highest BCUT2D eigenvalue weighted by Gasteiger charge is 2.38. The van der Waals surface area contributed by atoms with E-state index in [0.29, 0.717) is 18.4 Å². The number of rotatable bonds is 3. The van der Waals surface area contributed by atoms with Crippen molar-refractivity contribution in [3.05, 3.63) is 35.4 Å². The number of amides is 1. The Labute approximate surface area is 127 Å². The number of carbonyl (C=O) groups is 1. The molecule has 1 unspecified atom stereocenters. The van der Waals surface area contributed by atoms with Crippen molar-refractivity contribution in [1.29, 1.82) is 0 Å². The number of nitrogens with two attached hydrogens (primary N) is 1. The minimum atomic E-state index is 0.168. The molecule has 21 heavy (non-hydrogen) atoms. The molecule has 2 N–H and O–H groups in total. The zero-order chi connectivity index (χ0) is 14.8. The van der Waals surface area contributed by atoms with Crippen LogP contribution in [0.3, 0.4) is 0 Å². The third-order valence-electron chi connectivity index (χ3n) is 5.28. The fourth-order valence-electron chi connectivity index (χ4n) is 4.02. The molecule has 3 heteroatoms. The van der Waals surface area contributed by atoms with Gasteiger partial charge in [-0.1, -0.05) is 36.2 Å². The van der Waals surface area contributed by atoms with Gasteiger partial charge in [0, 0.05) is 12.5 Å². The number of nitrogens with zero attached hydrogens (tertiary/aromatic N) is 1. The Hall–Kier alpha value is -1.35. The second-order valence-electron chi connectivity index (χ2n) is 6.63. The van der Waals surface area contributed by atoms with Crippen LogP contribution in [0.25, 0.3) is 0 Å². The summed E-state index contributed by atoms with van der Waals surface area (Å²) >= 11 is 0. The van der Waals surface area contributed by atoms with Crippen LogP contribution in [0.5, 0.6) is 0 Å². The van der Waals surface area contributed by atoms with Gasteiger partial charge in [0.2, 0.25) is 5.91 Å². The van der Waals surface area contributed by atoms with Crippen molar-refractivity contribution >= 4 is 5.91 Å². The van der Waals surface area contributed by atoms with E-state index < -0.39 is 0 Å². The number of aryl methyl sites for hydroxylation is 1. The maximum atomic E-state index is 12.9. The summed E-state index contributed by atoms with van der Waals surface area (Å²) in [7, 11) is 0. The Morgan fingerprint density at radius 1 is 1.19 bits per heavy atom. The first-order chi connectivity index (χ1) is 10.2. The molecule has 1 saturated heterocycles. The average Bonchev–Trinajstić information content (AvgIpc) is 3.16. The van der Waals surface area contributed by atoms with E-state index in [1.807, 2.05) is 0 Å². The van der Waals surface area contributed by atoms with Crippen LogP contribution in [-0.4, -0.2) is 23.9 Å². The summed E-state index contributed by atoms with van der Waals surface area (Å²) in [4.78, 5) is 15.1. The Morgan fingerprint density at radius 3 is 2.67 bits per heavy atom. The highest BCUT2D eigenvalue weighted by atomic mass is 16.2. The van der Waals surface area contributed by atoms with E-state index in [-0.39, 0.29) is 12.0 Å². The minimum Gasteiger partial charge on any atom is -0.335 e. The molecule has 114 valence electrons. The van der Waals surface area contributed by atoms with E-state index in [9.17, 15) is 4.79 Å². The summed E-state index contributed by atoms with van der Waals surface area (Å²) in [6, 6.07) is 8.93. The van der Waals surface area contributed by atoms with Gasteiger partial charge in [-0.15, -0.1) is 0 Å². The topological polar surface area (TPSA) is 46.3 Å². The van der Waals surface area contributed by atoms with Gasteiger partial charge < -0.3 is 10.6 Å². The molecule has 1 aromatic rings. The fraction of sp³-hybridized carbons (Fsp3) is 0.611. The van der Waals surface area contributed by atoms with Crippen LogP contribution in [-0.2, 0) is 4.79 Å². The van der Waals surface area contributed by atoms with Crippen LogP contribution in [0.2, 0.25) is 0 Å². The van der Waals surface area contributed by atoms with Gasteiger partial charge in [0.05, 0.1) is 6.04 Å². The predicted molar refractivity (Wildman–Crippen MR) is 84.8 cm³/mol. The Balaban J connectivity index is 1.77. The van der Waals surface area contributed by atoms with Gasteiger partial charge in [-0.2, -0.15) is 0 Å². The Morgan fingerprint density at radius 2 is 1.95 bits per heavy atom. The summed E-state index contributed by atoms with van der Waals surface area (Å²) in [6.07, 6.45) is 5.51. The third-order valence-corrected chi connectivity index (χ3v) is 5.28. The van der Waals surface area contributed by atoms with E-state index in [4.69, 9.17) is 5.73 Å². The first-order valence-electron chi connectivity index (χ1n) is 8.28. The lowest BCUT2D eigenvalue weighted by molar-refractivity contribution is -0.137. The van der Waals surface area contributed by atoms with Crippen LogP contribution in [0.1, 0.15) is 49.3 Å². The minimum absolute atomic E-state index is 0.168. The first kappa shape index (κ1) is 14.6. The first-order valence-corrected chi connectivity index (χ1v) is 8.28. The highest BCUT2D eigenvalue weighted by molar-refractivity contribution is 5.80. The van der Waals surface area contributed by atoms with E-state index in [1.165, 1.54) is 11.1 Å². The standard InChI is InChI=1S/C18H26N2O/c1-13-7-9-14(10-8-13)17-6-3-11-20(17)18(21)16-5-2-4-15(16)12-19/h7-10,15-17H,2-6,11-12,19H2,1H3/t15-,16-,17?/m1/s1. The molecule has 1 aliphatic carbocycles. The number of benzene rings is 1. The van der Waals surface area contributed by atoms with Crippen molar-refractivity contribution < 1.29 is 4.79 Å². The summed E-state index contributed by atoms with van der Waals surface area (Å²) in [5.74, 6) is 0.920. The molecule has 1 aliphatic heterocycles. The Kier molecular flexibility index (Phi) is 4.29. The van der Waals surface area contributed by atoms with Crippen LogP contribution in [0.15, 0.2) is 24.3 Å².